The van der Waals surface area contributed by atoms with Gasteiger partial charge in [0, 0.05) is 26.2 Å². The molecule has 0 aromatic heterocycles. The Morgan fingerprint density at radius 1 is 1.44 bits per heavy atom. The number of amides is 1. The highest BCUT2D eigenvalue weighted by Gasteiger charge is 2.05. The first-order valence-electron chi connectivity index (χ1n) is 5.87. The summed E-state index contributed by atoms with van der Waals surface area (Å²) in [4.78, 5) is 13.0. The Morgan fingerprint density at radius 3 is 2.83 bits per heavy atom. The summed E-state index contributed by atoms with van der Waals surface area (Å²) < 4.78 is 5.54. The first kappa shape index (κ1) is 14.3. The van der Waals surface area contributed by atoms with Crippen LogP contribution in [-0.2, 0) is 11.3 Å². The molecule has 1 amide bonds. The van der Waals surface area contributed by atoms with Gasteiger partial charge in [-0.25, -0.2) is 0 Å². The molecule has 0 unspecified atom stereocenters. The van der Waals surface area contributed by atoms with Crippen LogP contribution < -0.4 is 10.1 Å². The van der Waals surface area contributed by atoms with Crippen LogP contribution in [0.15, 0.2) is 36.9 Å². The molecule has 0 aliphatic carbocycles. The second-order valence-corrected chi connectivity index (χ2v) is 4.10. The maximum atomic E-state index is 11.4. The zero-order chi connectivity index (χ0) is 13.4. The number of nitrogens with one attached hydrogen (secondary N) is 1. The number of hydrogen-bond donors (Lipinski definition) is 1. The van der Waals surface area contributed by atoms with Gasteiger partial charge < -0.3 is 15.0 Å². The van der Waals surface area contributed by atoms with Crippen LogP contribution in [0, 0.1) is 0 Å². The minimum absolute atomic E-state index is 0.0551. The maximum absolute atomic E-state index is 11.4. The van der Waals surface area contributed by atoms with Gasteiger partial charge in [0.15, 0.2) is 0 Å². The molecule has 0 aliphatic rings. The minimum atomic E-state index is 0.0551. The zero-order valence-corrected chi connectivity index (χ0v) is 11.0. The third-order valence-corrected chi connectivity index (χ3v) is 2.42. The number of carbonyl (C=O) groups excluding carboxylic acids is 1. The Hall–Kier alpha value is -1.81. The summed E-state index contributed by atoms with van der Waals surface area (Å²) in [6.45, 7) is 5.03. The van der Waals surface area contributed by atoms with Gasteiger partial charge in [0.2, 0.25) is 5.91 Å². The smallest absolute Gasteiger partial charge is 0.236 e. The molecule has 4 heteroatoms. The molecule has 1 aromatic carbocycles. The van der Waals surface area contributed by atoms with E-state index in [1.165, 1.54) is 0 Å². The van der Waals surface area contributed by atoms with Gasteiger partial charge >= 0.3 is 0 Å². The van der Waals surface area contributed by atoms with Gasteiger partial charge in [-0.3, -0.25) is 4.79 Å². The molecule has 0 atom stereocenters. The monoisotopic (exact) mass is 248 g/mol. The number of benzene rings is 1. The number of nitrogens with zero attached hydrogens (tertiary/aromatic N) is 1. The van der Waals surface area contributed by atoms with Gasteiger partial charge in [-0.05, 0) is 6.07 Å². The van der Waals surface area contributed by atoms with Crippen LogP contribution >= 0.6 is 0 Å². The summed E-state index contributed by atoms with van der Waals surface area (Å²) in [7, 11) is 3.48. The van der Waals surface area contributed by atoms with Crippen molar-refractivity contribution in [3.05, 3.63) is 42.5 Å². The highest BCUT2D eigenvalue weighted by molar-refractivity contribution is 5.77. The zero-order valence-electron chi connectivity index (χ0n) is 11.0. The molecule has 1 rings (SSSR count). The average molecular weight is 248 g/mol. The Bertz CT molecular complexity index is 403. The topological polar surface area (TPSA) is 41.6 Å². The standard InChI is InChI=1S/C14H20N2O2/c1-4-9-18-13-8-6-5-7-12(13)10-15-11-14(17)16(2)3/h4-8,15H,1,9-11H2,2-3H3. The van der Waals surface area contributed by atoms with Gasteiger partial charge in [-0.15, -0.1) is 0 Å². The van der Waals surface area contributed by atoms with Crippen LogP contribution in [0.2, 0.25) is 0 Å². The number of carbonyl (C=O) groups is 1. The molecule has 4 nitrogen and oxygen atoms in total. The molecule has 0 bridgehead atoms. The van der Waals surface area contributed by atoms with Crippen LogP contribution in [-0.4, -0.2) is 38.1 Å². The molecule has 0 aliphatic heterocycles. The van der Waals surface area contributed by atoms with Crippen molar-refractivity contribution in [2.75, 3.05) is 27.2 Å². The summed E-state index contributed by atoms with van der Waals surface area (Å²) in [6.07, 6.45) is 1.71. The van der Waals surface area contributed by atoms with Crippen molar-refractivity contribution >= 4 is 5.91 Å². The summed E-state index contributed by atoms with van der Waals surface area (Å²) in [5, 5.41) is 3.10. The lowest BCUT2D eigenvalue weighted by Gasteiger charge is -2.13. The molecule has 0 heterocycles. The normalized spacial score (nSPS) is 9.89. The molecular weight excluding hydrogens is 228 g/mol. The highest BCUT2D eigenvalue weighted by Crippen LogP contribution is 2.17. The number of rotatable bonds is 7. The third-order valence-electron chi connectivity index (χ3n) is 2.42. The molecule has 1 N–H and O–H groups in total. The lowest BCUT2D eigenvalue weighted by Crippen LogP contribution is -2.32. The summed E-state index contributed by atoms with van der Waals surface area (Å²) in [5.74, 6) is 0.877. The fourth-order valence-corrected chi connectivity index (χ4v) is 1.40. The van der Waals surface area contributed by atoms with Crippen molar-refractivity contribution in [1.82, 2.24) is 10.2 Å². The van der Waals surface area contributed by atoms with E-state index in [-0.39, 0.29) is 5.91 Å². The lowest BCUT2D eigenvalue weighted by molar-refractivity contribution is -0.127. The molecule has 98 valence electrons. The van der Waals surface area contributed by atoms with E-state index in [1.54, 1.807) is 25.1 Å². The number of likely N-dealkylation sites (N-methyl/N-ethyl adjacent to an activating group) is 1. The van der Waals surface area contributed by atoms with E-state index < -0.39 is 0 Å². The van der Waals surface area contributed by atoms with Crippen molar-refractivity contribution in [2.45, 2.75) is 6.54 Å². The van der Waals surface area contributed by atoms with Crippen LogP contribution in [0.4, 0.5) is 0 Å². The van der Waals surface area contributed by atoms with Crippen molar-refractivity contribution in [1.29, 1.82) is 0 Å². The summed E-state index contributed by atoms with van der Waals surface area (Å²) >= 11 is 0. The predicted molar refractivity (Wildman–Crippen MR) is 72.5 cm³/mol. The molecular formula is C14H20N2O2. The fourth-order valence-electron chi connectivity index (χ4n) is 1.40. The van der Waals surface area contributed by atoms with Crippen molar-refractivity contribution in [3.63, 3.8) is 0 Å². The quantitative estimate of drug-likeness (QED) is 0.742. The van der Waals surface area contributed by atoms with E-state index >= 15 is 0 Å². The number of ether oxygens (including phenoxy) is 1. The molecule has 0 fully saturated rings. The second kappa shape index (κ2) is 7.50. The Labute approximate surface area is 108 Å². The van der Waals surface area contributed by atoms with Gasteiger partial charge in [0.05, 0.1) is 6.54 Å². The lowest BCUT2D eigenvalue weighted by atomic mass is 10.2. The van der Waals surface area contributed by atoms with E-state index in [0.717, 1.165) is 11.3 Å². The number of para-hydroxylation sites is 1. The van der Waals surface area contributed by atoms with Crippen LogP contribution in [0.3, 0.4) is 0 Å². The SMILES string of the molecule is C=CCOc1ccccc1CNCC(=O)N(C)C. The Balaban J connectivity index is 2.50. The highest BCUT2D eigenvalue weighted by atomic mass is 16.5. The second-order valence-electron chi connectivity index (χ2n) is 4.10. The van der Waals surface area contributed by atoms with Crippen LogP contribution in [0.5, 0.6) is 5.75 Å². The maximum Gasteiger partial charge on any atom is 0.236 e. The van der Waals surface area contributed by atoms with Crippen molar-refractivity contribution in [3.8, 4) is 5.75 Å². The minimum Gasteiger partial charge on any atom is -0.489 e. The van der Waals surface area contributed by atoms with E-state index in [9.17, 15) is 4.79 Å². The van der Waals surface area contributed by atoms with E-state index in [4.69, 9.17) is 4.74 Å². The van der Waals surface area contributed by atoms with E-state index in [1.807, 2.05) is 24.3 Å². The van der Waals surface area contributed by atoms with Gasteiger partial charge in [-0.2, -0.15) is 0 Å². The largest absolute Gasteiger partial charge is 0.489 e. The van der Waals surface area contributed by atoms with Crippen LogP contribution in [0.1, 0.15) is 5.56 Å². The molecule has 0 radical (unpaired) electrons. The summed E-state index contributed by atoms with van der Waals surface area (Å²) in [6, 6.07) is 7.76. The number of hydrogen-bond acceptors (Lipinski definition) is 3. The third kappa shape index (κ3) is 4.59. The molecule has 18 heavy (non-hydrogen) atoms. The molecule has 0 saturated carbocycles. The predicted octanol–water partition coefficient (Wildman–Crippen LogP) is 1.43. The Kier molecular flexibility index (Phi) is 5.94. The first-order valence-corrected chi connectivity index (χ1v) is 5.87. The average Bonchev–Trinajstić information content (AvgIpc) is 2.37. The van der Waals surface area contributed by atoms with Crippen molar-refractivity contribution in [2.24, 2.45) is 0 Å². The van der Waals surface area contributed by atoms with Gasteiger partial charge in [-0.1, -0.05) is 30.9 Å². The van der Waals surface area contributed by atoms with Gasteiger partial charge in [0.1, 0.15) is 12.4 Å². The first-order chi connectivity index (χ1) is 8.65. The van der Waals surface area contributed by atoms with E-state index in [2.05, 4.69) is 11.9 Å². The van der Waals surface area contributed by atoms with Crippen molar-refractivity contribution < 1.29 is 9.53 Å². The van der Waals surface area contributed by atoms with Gasteiger partial charge in [0.25, 0.3) is 0 Å². The molecule has 0 saturated heterocycles. The molecule has 0 spiro atoms. The Morgan fingerprint density at radius 2 is 2.17 bits per heavy atom. The molecule has 1 aromatic rings. The summed E-state index contributed by atoms with van der Waals surface area (Å²) in [5.41, 5.74) is 1.03. The van der Waals surface area contributed by atoms with E-state index in [0.29, 0.717) is 19.7 Å². The fraction of sp³-hybridized carbons (Fsp3) is 0.357. The van der Waals surface area contributed by atoms with Crippen LogP contribution in [0.25, 0.3) is 0 Å².